The molecule has 0 unspecified atom stereocenters. The van der Waals surface area contributed by atoms with Crippen molar-refractivity contribution in [1.82, 2.24) is 0 Å². The van der Waals surface area contributed by atoms with Gasteiger partial charge in [-0.25, -0.2) is 22.0 Å². The molecule has 0 aromatic heterocycles. The summed E-state index contributed by atoms with van der Waals surface area (Å²) in [5.74, 6) is -7.96. The van der Waals surface area contributed by atoms with E-state index in [1.807, 2.05) is 6.92 Å². The van der Waals surface area contributed by atoms with Gasteiger partial charge in [-0.15, -0.1) is 13.2 Å². The fourth-order valence-corrected chi connectivity index (χ4v) is 4.24. The molecule has 0 atom stereocenters. The largest absolute Gasteiger partial charge is 0.573 e. The van der Waals surface area contributed by atoms with Crippen LogP contribution in [0.15, 0.2) is 42.5 Å². The van der Waals surface area contributed by atoms with E-state index in [9.17, 15) is 30.7 Å². The monoisotopic (exact) mass is 498 g/mol. The first-order chi connectivity index (χ1) is 16.5. The Balaban J connectivity index is 1.69. The second-order valence-electron chi connectivity index (χ2n) is 8.18. The van der Waals surface area contributed by atoms with Crippen molar-refractivity contribution in [3.05, 3.63) is 93.8 Å². The Hall–Kier alpha value is -3.36. The van der Waals surface area contributed by atoms with Crippen molar-refractivity contribution >= 4 is 5.57 Å². The standard InChI is InChI=1S/C26H18F8O/c1-2-3-13-4-6-17(19(27)8-13)14-5-7-18-15(9-14)10-20(28)23(24(18)31)16-11-21(29)25(22(30)12-16)35-26(32,33)34/h4-6,8,10-12H,2-3,7,9H2,1H3. The van der Waals surface area contributed by atoms with Crippen molar-refractivity contribution in [1.29, 1.82) is 0 Å². The molecule has 184 valence electrons. The lowest BCUT2D eigenvalue weighted by atomic mass is 9.85. The van der Waals surface area contributed by atoms with Gasteiger partial charge in [-0.2, -0.15) is 0 Å². The minimum atomic E-state index is -5.36. The topological polar surface area (TPSA) is 9.23 Å². The predicted molar refractivity (Wildman–Crippen MR) is 114 cm³/mol. The van der Waals surface area contributed by atoms with Crippen molar-refractivity contribution in [2.75, 3.05) is 0 Å². The summed E-state index contributed by atoms with van der Waals surface area (Å²) in [6.07, 6.45) is -2.23. The number of hydrogen-bond acceptors (Lipinski definition) is 1. The third-order valence-electron chi connectivity index (χ3n) is 5.77. The third-order valence-corrected chi connectivity index (χ3v) is 5.77. The lowest BCUT2D eigenvalue weighted by molar-refractivity contribution is -0.276. The van der Waals surface area contributed by atoms with Gasteiger partial charge in [-0.3, -0.25) is 0 Å². The maximum absolute atomic E-state index is 15.3. The number of alkyl halides is 3. The summed E-state index contributed by atoms with van der Waals surface area (Å²) in [7, 11) is 0. The van der Waals surface area contributed by atoms with Crippen LogP contribution in [0, 0.1) is 29.1 Å². The van der Waals surface area contributed by atoms with Crippen LogP contribution in [0.2, 0.25) is 0 Å². The van der Waals surface area contributed by atoms with Crippen LogP contribution in [0.1, 0.15) is 35.6 Å². The first kappa shape index (κ1) is 24.8. The maximum atomic E-state index is 15.3. The highest BCUT2D eigenvalue weighted by atomic mass is 19.4. The van der Waals surface area contributed by atoms with E-state index in [0.29, 0.717) is 29.7 Å². The SMILES string of the molecule is CCCc1ccc(C2=CCc3c(cc(F)c(-c4cc(F)c(OC(F)(F)F)c(F)c4)c3F)C2)c(F)c1. The van der Waals surface area contributed by atoms with Gasteiger partial charge in [0.2, 0.25) is 5.75 Å². The summed E-state index contributed by atoms with van der Waals surface area (Å²) in [4.78, 5) is 0. The third kappa shape index (κ3) is 5.04. The molecule has 0 fully saturated rings. The van der Waals surface area contributed by atoms with Gasteiger partial charge in [0.15, 0.2) is 11.6 Å². The van der Waals surface area contributed by atoms with E-state index >= 15 is 4.39 Å². The van der Waals surface area contributed by atoms with Crippen LogP contribution in [-0.4, -0.2) is 6.36 Å². The second-order valence-corrected chi connectivity index (χ2v) is 8.18. The van der Waals surface area contributed by atoms with E-state index < -0.39 is 52.3 Å². The van der Waals surface area contributed by atoms with Crippen LogP contribution < -0.4 is 4.74 Å². The van der Waals surface area contributed by atoms with Gasteiger partial charge < -0.3 is 4.74 Å². The quantitative estimate of drug-likeness (QED) is 0.323. The first-order valence-electron chi connectivity index (χ1n) is 10.7. The number of rotatable bonds is 5. The van der Waals surface area contributed by atoms with Crippen LogP contribution in [0.3, 0.4) is 0 Å². The first-order valence-corrected chi connectivity index (χ1v) is 10.7. The minimum absolute atomic E-state index is 0.0224. The molecule has 0 spiro atoms. The van der Waals surface area contributed by atoms with Crippen LogP contribution in [0.4, 0.5) is 35.1 Å². The molecule has 1 nitrogen and oxygen atoms in total. The molecule has 0 saturated carbocycles. The molecule has 1 aliphatic carbocycles. The number of ether oxygens (including phenoxy) is 1. The van der Waals surface area contributed by atoms with Gasteiger partial charge in [0.05, 0.1) is 5.56 Å². The summed E-state index contributed by atoms with van der Waals surface area (Å²) < 4.78 is 114. The molecule has 9 heteroatoms. The predicted octanol–water partition coefficient (Wildman–Crippen LogP) is 8.08. The normalized spacial score (nSPS) is 13.5. The number of allylic oxidation sites excluding steroid dienone is 2. The molecule has 0 radical (unpaired) electrons. The van der Waals surface area contributed by atoms with Gasteiger partial charge in [-0.1, -0.05) is 31.6 Å². The van der Waals surface area contributed by atoms with Crippen molar-refractivity contribution in [2.24, 2.45) is 0 Å². The molecular formula is C26H18F8O. The van der Waals surface area contributed by atoms with Gasteiger partial charge in [0.25, 0.3) is 0 Å². The Morgan fingerprint density at radius 2 is 1.54 bits per heavy atom. The molecule has 1 aliphatic rings. The fraction of sp³-hybridized carbons (Fsp3) is 0.231. The van der Waals surface area contributed by atoms with E-state index in [0.717, 1.165) is 18.1 Å². The van der Waals surface area contributed by atoms with E-state index in [1.54, 1.807) is 18.2 Å². The van der Waals surface area contributed by atoms with Gasteiger partial charge in [-0.05, 0) is 71.4 Å². The molecule has 0 aliphatic heterocycles. The second kappa shape index (κ2) is 9.36. The summed E-state index contributed by atoms with van der Waals surface area (Å²) >= 11 is 0. The smallest absolute Gasteiger partial charge is 0.399 e. The molecule has 3 aromatic carbocycles. The van der Waals surface area contributed by atoms with Gasteiger partial charge >= 0.3 is 6.36 Å². The molecule has 4 rings (SSSR count). The molecule has 0 heterocycles. The highest BCUT2D eigenvalue weighted by molar-refractivity contribution is 5.74. The molecule has 35 heavy (non-hydrogen) atoms. The summed E-state index contributed by atoms with van der Waals surface area (Å²) in [6, 6.07) is 6.56. The molecule has 0 amide bonds. The van der Waals surface area contributed by atoms with E-state index in [-0.39, 0.29) is 24.0 Å². The summed E-state index contributed by atoms with van der Waals surface area (Å²) in [5.41, 5.74) is 0.547. The number of fused-ring (bicyclic) bond motifs is 1. The van der Waals surface area contributed by atoms with Gasteiger partial charge in [0.1, 0.15) is 17.5 Å². The number of benzene rings is 3. The average molecular weight is 498 g/mol. The fourth-order valence-electron chi connectivity index (χ4n) is 4.24. The lowest BCUT2D eigenvalue weighted by Gasteiger charge is -2.21. The van der Waals surface area contributed by atoms with E-state index in [1.165, 1.54) is 6.07 Å². The zero-order valence-electron chi connectivity index (χ0n) is 18.3. The Kier molecular flexibility index (Phi) is 6.62. The molecular weight excluding hydrogens is 480 g/mol. The Bertz CT molecular complexity index is 1300. The van der Waals surface area contributed by atoms with Crippen molar-refractivity contribution in [3.63, 3.8) is 0 Å². The minimum Gasteiger partial charge on any atom is -0.399 e. The highest BCUT2D eigenvalue weighted by Crippen LogP contribution is 2.39. The molecule has 0 N–H and O–H groups in total. The number of aryl methyl sites for hydroxylation is 1. The van der Waals surface area contributed by atoms with Crippen LogP contribution >= 0.6 is 0 Å². The molecule has 0 saturated heterocycles. The average Bonchev–Trinajstić information content (AvgIpc) is 2.76. The summed E-state index contributed by atoms with van der Waals surface area (Å²) in [5, 5.41) is 0. The zero-order valence-corrected chi connectivity index (χ0v) is 18.3. The Labute approximate surface area is 195 Å². The number of halogens is 8. The molecule has 0 bridgehead atoms. The van der Waals surface area contributed by atoms with E-state index in [4.69, 9.17) is 0 Å². The van der Waals surface area contributed by atoms with Crippen molar-refractivity contribution < 1.29 is 39.9 Å². The van der Waals surface area contributed by atoms with Crippen LogP contribution in [-0.2, 0) is 19.3 Å². The lowest BCUT2D eigenvalue weighted by Crippen LogP contribution is -2.19. The Morgan fingerprint density at radius 1 is 0.857 bits per heavy atom. The number of hydrogen-bond donors (Lipinski definition) is 0. The van der Waals surface area contributed by atoms with Crippen molar-refractivity contribution in [2.45, 2.75) is 39.0 Å². The highest BCUT2D eigenvalue weighted by Gasteiger charge is 2.34. The molecule has 3 aromatic rings. The zero-order chi connectivity index (χ0) is 25.5. The van der Waals surface area contributed by atoms with Crippen molar-refractivity contribution in [3.8, 4) is 16.9 Å². The van der Waals surface area contributed by atoms with Crippen LogP contribution in [0.25, 0.3) is 16.7 Å². The van der Waals surface area contributed by atoms with Crippen LogP contribution in [0.5, 0.6) is 5.75 Å². The van der Waals surface area contributed by atoms with E-state index in [2.05, 4.69) is 4.74 Å². The Morgan fingerprint density at radius 3 is 2.14 bits per heavy atom. The van der Waals surface area contributed by atoms with Gasteiger partial charge in [0, 0.05) is 5.56 Å². The summed E-state index contributed by atoms with van der Waals surface area (Å²) in [6.45, 7) is 1.97. The maximum Gasteiger partial charge on any atom is 0.573 e.